The maximum atomic E-state index is 11.9. The molecule has 0 bridgehead atoms. The number of halogens is 3. The Bertz CT molecular complexity index is 419. The number of carbonyl (C=O) groups is 1. The van der Waals surface area contributed by atoms with Gasteiger partial charge in [-0.2, -0.15) is 0 Å². The van der Waals surface area contributed by atoms with Crippen LogP contribution in [0.15, 0.2) is 12.1 Å². The first-order valence-corrected chi connectivity index (χ1v) is 7.79. The Labute approximate surface area is 147 Å². The molecule has 1 amide bonds. The van der Waals surface area contributed by atoms with Crippen molar-refractivity contribution in [3.05, 3.63) is 24.8 Å². The summed E-state index contributed by atoms with van der Waals surface area (Å²) in [5.41, 5.74) is 6.18. The van der Waals surface area contributed by atoms with Crippen LogP contribution in [-0.2, 0) is 0 Å². The van der Waals surface area contributed by atoms with E-state index in [1.807, 2.05) is 32.9 Å². The molecule has 0 saturated carbocycles. The minimum atomic E-state index is -0.136. The monoisotopic (exact) mass is 510 g/mol. The van der Waals surface area contributed by atoms with Crippen molar-refractivity contribution in [2.75, 3.05) is 6.61 Å². The molecule has 108 valence electrons. The lowest BCUT2D eigenvalue weighted by Crippen LogP contribution is -2.41. The van der Waals surface area contributed by atoms with Gasteiger partial charge in [-0.25, -0.2) is 5.43 Å². The Kier molecular flexibility index (Phi) is 9.29. The van der Waals surface area contributed by atoms with Crippen LogP contribution in [0.3, 0.4) is 0 Å². The molecule has 0 aromatic heterocycles. The summed E-state index contributed by atoms with van der Waals surface area (Å²) < 4.78 is 7.42. The molecular weight excluding hydrogens is 493 g/mol. The van der Waals surface area contributed by atoms with Crippen LogP contribution in [0.25, 0.3) is 0 Å². The molecule has 7 heteroatoms. The number of rotatable bonds is 5. The fourth-order valence-corrected chi connectivity index (χ4v) is 3.33. The standard InChI is InChI=1S/C12H16I2N2O2.ClH/c1-4-18-11-9(13)5-8(6-10(11)14)12(17)16-15-7(2)3;/h5-7,15H,4H2,1-3H3,(H,16,17);1H. The van der Waals surface area contributed by atoms with E-state index in [0.29, 0.717) is 12.2 Å². The summed E-state index contributed by atoms with van der Waals surface area (Å²) in [5, 5.41) is 0. The van der Waals surface area contributed by atoms with Gasteiger partial charge >= 0.3 is 0 Å². The molecule has 0 aliphatic rings. The van der Waals surface area contributed by atoms with E-state index >= 15 is 0 Å². The zero-order chi connectivity index (χ0) is 13.7. The van der Waals surface area contributed by atoms with Crippen LogP contribution in [0.4, 0.5) is 0 Å². The van der Waals surface area contributed by atoms with Crippen molar-refractivity contribution in [2.24, 2.45) is 0 Å². The Morgan fingerprint density at radius 3 is 2.26 bits per heavy atom. The fourth-order valence-electron chi connectivity index (χ4n) is 1.26. The molecule has 0 atom stereocenters. The van der Waals surface area contributed by atoms with Crippen LogP contribution in [-0.4, -0.2) is 18.6 Å². The number of ether oxygens (including phenoxy) is 1. The van der Waals surface area contributed by atoms with Gasteiger partial charge in [0, 0.05) is 11.6 Å². The van der Waals surface area contributed by atoms with Crippen LogP contribution in [0, 0.1) is 7.14 Å². The van der Waals surface area contributed by atoms with Crippen molar-refractivity contribution in [3.8, 4) is 5.75 Å². The lowest BCUT2D eigenvalue weighted by atomic mass is 10.2. The normalized spacial score (nSPS) is 10.0. The smallest absolute Gasteiger partial charge is 0.265 e. The molecule has 0 aliphatic carbocycles. The summed E-state index contributed by atoms with van der Waals surface area (Å²) in [7, 11) is 0. The van der Waals surface area contributed by atoms with E-state index in [-0.39, 0.29) is 24.4 Å². The highest BCUT2D eigenvalue weighted by Gasteiger charge is 2.13. The molecule has 2 N–H and O–H groups in total. The van der Waals surface area contributed by atoms with Crippen molar-refractivity contribution in [3.63, 3.8) is 0 Å². The van der Waals surface area contributed by atoms with Crippen molar-refractivity contribution in [2.45, 2.75) is 26.8 Å². The van der Waals surface area contributed by atoms with Gasteiger partial charge in [-0.05, 0) is 78.1 Å². The Balaban J connectivity index is 0.00000324. The summed E-state index contributed by atoms with van der Waals surface area (Å²) in [5.74, 6) is 0.703. The lowest BCUT2D eigenvalue weighted by Gasteiger charge is -2.13. The van der Waals surface area contributed by atoms with Gasteiger partial charge in [-0.15, -0.1) is 12.4 Å². The number of hydrogen-bond acceptors (Lipinski definition) is 3. The van der Waals surface area contributed by atoms with Gasteiger partial charge in [0.25, 0.3) is 5.91 Å². The van der Waals surface area contributed by atoms with Crippen LogP contribution < -0.4 is 15.6 Å². The number of benzene rings is 1. The highest BCUT2D eigenvalue weighted by molar-refractivity contribution is 14.1. The molecule has 19 heavy (non-hydrogen) atoms. The summed E-state index contributed by atoms with van der Waals surface area (Å²) in [6.45, 7) is 6.49. The highest BCUT2D eigenvalue weighted by Crippen LogP contribution is 2.28. The van der Waals surface area contributed by atoms with Gasteiger partial charge < -0.3 is 4.74 Å². The van der Waals surface area contributed by atoms with Crippen molar-refractivity contribution >= 4 is 63.5 Å². The summed E-state index contributed by atoms with van der Waals surface area (Å²) >= 11 is 4.36. The van der Waals surface area contributed by atoms with Gasteiger partial charge in [-0.3, -0.25) is 10.2 Å². The van der Waals surface area contributed by atoms with Crippen LogP contribution in [0.5, 0.6) is 5.75 Å². The average molecular weight is 511 g/mol. The third-order valence-corrected chi connectivity index (χ3v) is 3.63. The van der Waals surface area contributed by atoms with Crippen molar-refractivity contribution in [1.29, 1.82) is 0 Å². The molecule has 0 unspecified atom stereocenters. The maximum Gasteiger partial charge on any atom is 0.265 e. The van der Waals surface area contributed by atoms with E-state index < -0.39 is 0 Å². The Morgan fingerprint density at radius 2 is 1.84 bits per heavy atom. The van der Waals surface area contributed by atoms with E-state index in [9.17, 15) is 4.79 Å². The highest BCUT2D eigenvalue weighted by atomic mass is 127. The van der Waals surface area contributed by atoms with E-state index in [2.05, 4.69) is 56.0 Å². The van der Waals surface area contributed by atoms with Gasteiger partial charge in [-0.1, -0.05) is 0 Å². The summed E-state index contributed by atoms with van der Waals surface area (Å²) in [6, 6.07) is 3.85. The quantitative estimate of drug-likeness (QED) is 0.472. The number of hydrazine groups is 1. The topological polar surface area (TPSA) is 50.4 Å². The zero-order valence-electron chi connectivity index (χ0n) is 10.9. The molecule has 1 rings (SSSR count). The number of hydrogen-bond donors (Lipinski definition) is 2. The number of carbonyl (C=O) groups excluding carboxylic acids is 1. The SMILES string of the molecule is CCOc1c(I)cc(C(=O)NNC(C)C)cc1I.Cl. The van der Waals surface area contributed by atoms with E-state index in [1.165, 1.54) is 0 Å². The predicted octanol–water partition coefficient (Wildman–Crippen LogP) is 3.36. The molecule has 1 aromatic carbocycles. The van der Waals surface area contributed by atoms with Crippen LogP contribution in [0.2, 0.25) is 0 Å². The lowest BCUT2D eigenvalue weighted by molar-refractivity contribution is 0.0927. The van der Waals surface area contributed by atoms with Crippen LogP contribution in [0.1, 0.15) is 31.1 Å². The number of nitrogens with one attached hydrogen (secondary N) is 2. The molecule has 1 aromatic rings. The third kappa shape index (κ3) is 6.01. The molecule has 0 saturated heterocycles. The molecule has 0 aliphatic heterocycles. The molecule has 0 radical (unpaired) electrons. The van der Waals surface area contributed by atoms with E-state index in [0.717, 1.165) is 12.9 Å². The first-order chi connectivity index (χ1) is 8.45. The fraction of sp³-hybridized carbons (Fsp3) is 0.417. The third-order valence-electron chi connectivity index (χ3n) is 2.02. The molecule has 0 spiro atoms. The van der Waals surface area contributed by atoms with Crippen LogP contribution >= 0.6 is 57.6 Å². The minimum Gasteiger partial charge on any atom is -0.492 e. The van der Waals surface area contributed by atoms with Gasteiger partial charge in [0.05, 0.1) is 13.7 Å². The zero-order valence-corrected chi connectivity index (χ0v) is 16.1. The van der Waals surface area contributed by atoms with E-state index in [4.69, 9.17) is 4.74 Å². The first-order valence-electron chi connectivity index (χ1n) is 5.63. The molecule has 0 heterocycles. The largest absolute Gasteiger partial charge is 0.492 e. The second-order valence-electron chi connectivity index (χ2n) is 3.96. The summed E-state index contributed by atoms with van der Waals surface area (Å²) in [6.07, 6.45) is 0. The molecule has 0 fully saturated rings. The van der Waals surface area contributed by atoms with Gasteiger partial charge in [0.15, 0.2) is 0 Å². The average Bonchev–Trinajstić information content (AvgIpc) is 2.30. The van der Waals surface area contributed by atoms with Crippen molar-refractivity contribution < 1.29 is 9.53 Å². The predicted molar refractivity (Wildman–Crippen MR) is 96.0 cm³/mol. The Morgan fingerprint density at radius 1 is 1.32 bits per heavy atom. The second kappa shape index (κ2) is 9.19. The van der Waals surface area contributed by atoms with Crippen molar-refractivity contribution in [1.82, 2.24) is 10.9 Å². The Hall–Kier alpha value is 0.200. The second-order valence-corrected chi connectivity index (χ2v) is 6.28. The van der Waals surface area contributed by atoms with E-state index in [1.54, 1.807) is 0 Å². The maximum absolute atomic E-state index is 11.9. The first kappa shape index (κ1) is 19.2. The van der Waals surface area contributed by atoms with Gasteiger partial charge in [0.2, 0.25) is 0 Å². The molecular formula is C12H17ClI2N2O2. The minimum absolute atomic E-state index is 0. The van der Waals surface area contributed by atoms with Gasteiger partial charge in [0.1, 0.15) is 5.75 Å². The molecule has 4 nitrogen and oxygen atoms in total. The summed E-state index contributed by atoms with van der Waals surface area (Å²) in [4.78, 5) is 11.9. The number of amides is 1.